The fraction of sp³-hybridized carbons (Fsp3) is 0. The van der Waals surface area contributed by atoms with E-state index in [1.54, 1.807) is 0 Å². The minimum absolute atomic E-state index is 0.100. The molecule has 0 aromatic carbocycles. The summed E-state index contributed by atoms with van der Waals surface area (Å²) in [5, 5.41) is 0. The van der Waals surface area contributed by atoms with Gasteiger partial charge in [0.15, 0.2) is 0 Å². The zero-order valence-electron chi connectivity index (χ0n) is 3.90. The molecule has 0 aliphatic rings. The fourth-order valence-electron chi connectivity index (χ4n) is 0. The fourth-order valence-corrected chi connectivity index (χ4v) is 0. The molecule has 0 aromatic rings. The zero-order valence-corrected chi connectivity index (χ0v) is 11.8. The van der Waals surface area contributed by atoms with Gasteiger partial charge in [-0.25, -0.2) is 0 Å². The Hall–Kier alpha value is 1.83. The van der Waals surface area contributed by atoms with Crippen molar-refractivity contribution in [3.05, 3.63) is 0 Å². The van der Waals surface area contributed by atoms with Gasteiger partial charge in [0.1, 0.15) is 0 Å². The Labute approximate surface area is 86.5 Å². The molecule has 0 aromatic heterocycles. The molecule has 0 aliphatic heterocycles. The Kier molecular flexibility index (Phi) is 47.7. The number of hydrogen-bond donors (Lipinski definition) is 0. The van der Waals surface area contributed by atoms with E-state index in [2.05, 4.69) is 0 Å². The average molecular weight is 336 g/mol. The molecular weight excluding hydrogens is 335 g/mol. The van der Waals surface area contributed by atoms with Crippen LogP contribution in [0.4, 0.5) is 0 Å². The van der Waals surface area contributed by atoms with Gasteiger partial charge < -0.3 is 0 Å². The molecule has 8 heavy (non-hydrogen) atoms. The molecule has 0 spiro atoms. The molecule has 0 bridgehead atoms. The summed E-state index contributed by atoms with van der Waals surface area (Å²) in [5.41, 5.74) is 0. The van der Waals surface area contributed by atoms with E-state index < -0.39 is 30.2 Å². The van der Waals surface area contributed by atoms with Crippen molar-refractivity contribution >= 4 is 16.2 Å². The molecule has 0 atom stereocenters. The van der Waals surface area contributed by atoms with E-state index in [0.29, 0.717) is 16.2 Å². The van der Waals surface area contributed by atoms with Crippen LogP contribution in [0.2, 0.25) is 0 Å². The molecule has 0 unspecified atom stereocenters. The van der Waals surface area contributed by atoms with E-state index in [1.165, 1.54) is 0 Å². The van der Waals surface area contributed by atoms with Gasteiger partial charge in [0, 0.05) is 0 Å². The van der Waals surface area contributed by atoms with E-state index in [0.717, 1.165) is 0 Å². The molecule has 0 heterocycles. The van der Waals surface area contributed by atoms with Crippen LogP contribution in [0.1, 0.15) is 0 Å². The number of hydrogen-bond acceptors (Lipinski definition) is 5. The van der Waals surface area contributed by atoms with Gasteiger partial charge in [0.2, 0.25) is 0 Å². The molecular formula is HAlLaO5Y. The molecule has 8 heteroatoms. The molecule has 0 saturated carbocycles. The Balaban J connectivity index is -0.0000000542. The summed E-state index contributed by atoms with van der Waals surface area (Å²) in [7, 11) is 0. The zero-order chi connectivity index (χ0) is 7.58. The van der Waals surface area contributed by atoms with Crippen molar-refractivity contribution in [2.45, 2.75) is 0 Å². The van der Waals surface area contributed by atoms with E-state index in [4.69, 9.17) is 10.9 Å². The summed E-state index contributed by atoms with van der Waals surface area (Å²) in [5.74, 6) is 0. The minimum atomic E-state index is -4.47. The summed E-state index contributed by atoms with van der Waals surface area (Å²) >= 11 is -3.76. The molecule has 0 N–H and O–H groups in total. The van der Waals surface area contributed by atoms with Gasteiger partial charge in [-0.15, -0.1) is 0 Å². The predicted octanol–water partition coefficient (Wildman–Crippen LogP) is -1.25. The van der Waals surface area contributed by atoms with Crippen molar-refractivity contribution in [1.29, 1.82) is 0 Å². The Bertz CT molecular complexity index is 102. The van der Waals surface area contributed by atoms with Crippen LogP contribution in [0.3, 0.4) is 0 Å². The van der Waals surface area contributed by atoms with Crippen molar-refractivity contribution in [1.82, 2.24) is 0 Å². The summed E-state index contributed by atoms with van der Waals surface area (Å²) < 4.78 is 42.6. The van der Waals surface area contributed by atoms with Crippen LogP contribution in [0.5, 0.6) is 0 Å². The van der Waals surface area contributed by atoms with Crippen LogP contribution >= 0.6 is 0 Å². The van der Waals surface area contributed by atoms with Crippen LogP contribution in [0.15, 0.2) is 0 Å². The van der Waals surface area contributed by atoms with Gasteiger partial charge in [-0.1, -0.05) is 0 Å². The normalized spacial score (nSPS) is 3.00. The second kappa shape index (κ2) is 23.2. The topological polar surface area (TPSA) is 85.3 Å². The molecule has 0 fully saturated rings. The van der Waals surface area contributed by atoms with E-state index in [9.17, 15) is 0 Å². The SMILES string of the molecule is [O]=[AlH].[O]=[La](=[O])=[O].[O]=[Y]. The van der Waals surface area contributed by atoms with Gasteiger partial charge in [-0.3, -0.25) is 0 Å². The summed E-state index contributed by atoms with van der Waals surface area (Å²) in [6.45, 7) is 0. The van der Waals surface area contributed by atoms with E-state index in [1.807, 2.05) is 0 Å². The quantitative estimate of drug-likeness (QED) is 0.517. The van der Waals surface area contributed by atoms with Gasteiger partial charge in [0.05, 0.1) is 0 Å². The van der Waals surface area contributed by atoms with Gasteiger partial charge in [-0.05, 0) is 0 Å². The Morgan fingerprint density at radius 2 is 1.00 bits per heavy atom. The van der Waals surface area contributed by atoms with Crippen molar-refractivity contribution in [2.75, 3.05) is 0 Å². The first-order chi connectivity index (χ1) is 3.73. The third-order valence-electron chi connectivity index (χ3n) is 0. The molecule has 0 amide bonds. The molecule has 5 nitrogen and oxygen atoms in total. The van der Waals surface area contributed by atoms with Crippen LogP contribution < -0.4 is 0 Å². The third-order valence-corrected chi connectivity index (χ3v) is 0. The third kappa shape index (κ3) is 109. The first kappa shape index (κ1) is 16.4. The Morgan fingerprint density at radius 1 is 1.00 bits per heavy atom. The van der Waals surface area contributed by atoms with E-state index in [-0.39, 0.29) is 31.0 Å². The summed E-state index contributed by atoms with van der Waals surface area (Å²) in [6, 6.07) is 0. The van der Waals surface area contributed by atoms with Gasteiger partial charge in [0.25, 0.3) is 0 Å². The van der Waals surface area contributed by atoms with Gasteiger partial charge >= 0.3 is 88.4 Å². The van der Waals surface area contributed by atoms with Crippen LogP contribution in [-0.4, -0.2) is 16.2 Å². The van der Waals surface area contributed by atoms with Crippen LogP contribution in [0, 0.1) is 30.2 Å². The van der Waals surface area contributed by atoms with Crippen LogP contribution in [-0.2, 0) is 41.9 Å². The summed E-state index contributed by atoms with van der Waals surface area (Å²) in [4.78, 5) is 0. The predicted molar refractivity (Wildman–Crippen MR) is 10.6 cm³/mol. The molecule has 0 rings (SSSR count). The number of rotatable bonds is 0. The molecule has 0 saturated heterocycles. The van der Waals surface area contributed by atoms with Gasteiger partial charge in [-0.2, -0.15) is 0 Å². The van der Waals surface area contributed by atoms with Crippen molar-refractivity contribution in [3.8, 4) is 0 Å². The van der Waals surface area contributed by atoms with Crippen LogP contribution in [0.25, 0.3) is 0 Å². The molecule has 40 valence electrons. The molecule has 0 radical (unpaired) electrons. The van der Waals surface area contributed by atoms with Crippen molar-refractivity contribution in [3.63, 3.8) is 0 Å². The van der Waals surface area contributed by atoms with Crippen molar-refractivity contribution in [2.24, 2.45) is 0 Å². The van der Waals surface area contributed by atoms with E-state index >= 15 is 0 Å². The second-order valence-corrected chi connectivity index (χ2v) is 2.10. The maximum atomic E-state index is 8.64. The standard InChI is InChI=1S/Al.La.5O.Y.H. The van der Waals surface area contributed by atoms with Crippen molar-refractivity contribution < 1.29 is 72.2 Å². The first-order valence-electron chi connectivity index (χ1n) is 1.23. The first-order valence-corrected chi connectivity index (χ1v) is 7.41. The second-order valence-electron chi connectivity index (χ2n) is 0.289. The Morgan fingerprint density at radius 3 is 1.00 bits per heavy atom. The average Bonchev–Trinajstić information content (AvgIpc) is 1.75. The maximum absolute atomic E-state index is 8.64. The summed E-state index contributed by atoms with van der Waals surface area (Å²) in [6.07, 6.45) is 0. The molecule has 0 aliphatic carbocycles. The monoisotopic (exact) mass is 336 g/mol.